The number of halogens is 6. The van der Waals surface area contributed by atoms with Gasteiger partial charge in [0.2, 0.25) is 0 Å². The van der Waals surface area contributed by atoms with Gasteiger partial charge in [-0.1, -0.05) is 17.7 Å². The Morgan fingerprint density at radius 3 is 2.22 bits per heavy atom. The Kier molecular flexibility index (Phi) is 7.17. The van der Waals surface area contributed by atoms with Gasteiger partial charge in [0.25, 0.3) is 0 Å². The van der Waals surface area contributed by atoms with Gasteiger partial charge in [0.1, 0.15) is 18.3 Å². The van der Waals surface area contributed by atoms with Gasteiger partial charge in [-0.25, -0.2) is 27.9 Å². The number of aliphatic hydroxyl groups is 2. The molecule has 2 aromatic heterocycles. The number of aromatic nitrogens is 6. The normalized spacial score (nSPS) is 13.6. The smallest absolute Gasteiger partial charge is 0.385 e. The van der Waals surface area contributed by atoms with Crippen LogP contribution in [-0.4, -0.2) is 51.6 Å². The molecule has 4 aromatic rings. The van der Waals surface area contributed by atoms with Gasteiger partial charge in [0.15, 0.2) is 35.2 Å². The van der Waals surface area contributed by atoms with Crippen LogP contribution in [0.3, 0.4) is 0 Å². The summed E-state index contributed by atoms with van der Waals surface area (Å²) in [5.41, 5.74) is -1.43. The quantitative estimate of drug-likeness (QED) is 0.346. The van der Waals surface area contributed by atoms with E-state index in [0.29, 0.717) is 9.59 Å². The molecule has 0 amide bonds. The topological polar surface area (TPSA) is 111 Å². The standard InChI is InChI=1S/C22H18ClF5N6O3/c1-11(35)19-29-17(30-34(19)18-14(24)3-2-4-15(18)25)10-33-21(37)32(9-16(36)22(26,27)28)20(31-33)12-5-7-13(23)8-6-12/h2-8,11,16,35-36H,9-10H2,1H3/t11-,16-/m0/s1. The summed E-state index contributed by atoms with van der Waals surface area (Å²) >= 11 is 5.87. The molecule has 0 fully saturated rings. The van der Waals surface area contributed by atoms with Crippen LogP contribution in [0.2, 0.25) is 5.02 Å². The Balaban J connectivity index is 1.79. The van der Waals surface area contributed by atoms with Crippen molar-refractivity contribution in [2.75, 3.05) is 0 Å². The molecule has 196 valence electrons. The summed E-state index contributed by atoms with van der Waals surface area (Å²) in [4.78, 5) is 17.1. The molecule has 0 aliphatic heterocycles. The zero-order chi connectivity index (χ0) is 27.1. The number of para-hydroxylation sites is 1. The average Bonchev–Trinajstić information content (AvgIpc) is 3.36. The van der Waals surface area contributed by atoms with Crippen molar-refractivity contribution in [1.29, 1.82) is 0 Å². The molecule has 2 N–H and O–H groups in total. The molecule has 37 heavy (non-hydrogen) atoms. The maximum Gasteiger partial charge on any atom is 0.416 e. The van der Waals surface area contributed by atoms with Crippen LogP contribution in [-0.2, 0) is 13.1 Å². The van der Waals surface area contributed by atoms with E-state index in [-0.39, 0.29) is 23.0 Å². The van der Waals surface area contributed by atoms with Gasteiger partial charge < -0.3 is 10.2 Å². The molecule has 0 saturated carbocycles. The maximum absolute atomic E-state index is 14.4. The van der Waals surface area contributed by atoms with Gasteiger partial charge in [0, 0.05) is 10.6 Å². The van der Waals surface area contributed by atoms with Crippen molar-refractivity contribution in [3.63, 3.8) is 0 Å². The minimum atomic E-state index is -5.00. The second-order valence-corrected chi connectivity index (χ2v) is 8.42. The molecule has 2 atom stereocenters. The first-order valence-electron chi connectivity index (χ1n) is 10.6. The van der Waals surface area contributed by atoms with Crippen molar-refractivity contribution in [1.82, 2.24) is 29.1 Å². The van der Waals surface area contributed by atoms with Gasteiger partial charge in [-0.3, -0.25) is 4.57 Å². The van der Waals surface area contributed by atoms with E-state index in [1.165, 1.54) is 31.2 Å². The summed E-state index contributed by atoms with van der Waals surface area (Å²) in [5, 5.41) is 28.1. The van der Waals surface area contributed by atoms with Crippen molar-refractivity contribution < 1.29 is 32.2 Å². The van der Waals surface area contributed by atoms with Crippen LogP contribution < -0.4 is 5.69 Å². The highest BCUT2D eigenvalue weighted by Crippen LogP contribution is 2.25. The number of benzene rings is 2. The molecule has 0 aliphatic carbocycles. The van der Waals surface area contributed by atoms with Crippen molar-refractivity contribution in [3.05, 3.63) is 81.3 Å². The van der Waals surface area contributed by atoms with Gasteiger partial charge in [0.05, 0.1) is 6.54 Å². The Bertz CT molecular complexity index is 1460. The van der Waals surface area contributed by atoms with Gasteiger partial charge in [-0.05, 0) is 43.3 Å². The number of aliphatic hydroxyl groups excluding tert-OH is 2. The number of nitrogens with zero attached hydrogens (tertiary/aromatic N) is 6. The fraction of sp³-hybridized carbons (Fsp3) is 0.273. The van der Waals surface area contributed by atoms with Crippen LogP contribution >= 0.6 is 11.6 Å². The number of alkyl halides is 3. The van der Waals surface area contributed by atoms with Crippen LogP contribution in [0.1, 0.15) is 24.7 Å². The summed E-state index contributed by atoms with van der Waals surface area (Å²) in [5.74, 6) is -2.67. The van der Waals surface area contributed by atoms with E-state index < -0.39 is 54.5 Å². The van der Waals surface area contributed by atoms with E-state index in [1.54, 1.807) is 0 Å². The summed E-state index contributed by atoms with van der Waals surface area (Å²) in [7, 11) is 0. The zero-order valence-electron chi connectivity index (χ0n) is 18.9. The highest BCUT2D eigenvalue weighted by molar-refractivity contribution is 6.30. The van der Waals surface area contributed by atoms with Crippen molar-refractivity contribution in [2.24, 2.45) is 0 Å². The highest BCUT2D eigenvalue weighted by Gasteiger charge is 2.39. The van der Waals surface area contributed by atoms with Gasteiger partial charge in [-0.15, -0.1) is 10.2 Å². The lowest BCUT2D eigenvalue weighted by Gasteiger charge is -2.15. The van der Waals surface area contributed by atoms with Crippen LogP contribution in [0.5, 0.6) is 0 Å². The van der Waals surface area contributed by atoms with Crippen LogP contribution in [0.25, 0.3) is 17.1 Å². The van der Waals surface area contributed by atoms with E-state index in [1.807, 2.05) is 0 Å². The van der Waals surface area contributed by atoms with Crippen LogP contribution in [0.4, 0.5) is 22.0 Å². The molecule has 0 aliphatic rings. The van der Waals surface area contributed by atoms with E-state index >= 15 is 0 Å². The summed E-state index contributed by atoms with van der Waals surface area (Å²) in [6.45, 7) is -0.403. The predicted octanol–water partition coefficient (Wildman–Crippen LogP) is 3.25. The van der Waals surface area contributed by atoms with Crippen LogP contribution in [0, 0.1) is 11.6 Å². The summed E-state index contributed by atoms with van der Waals surface area (Å²) in [6, 6.07) is 8.80. The first-order valence-corrected chi connectivity index (χ1v) is 11.0. The Hall–Kier alpha value is -3.62. The first-order chi connectivity index (χ1) is 17.4. The summed E-state index contributed by atoms with van der Waals surface area (Å²) in [6.07, 6.45) is -9.20. The number of rotatable bonds is 7. The molecule has 0 bridgehead atoms. The summed E-state index contributed by atoms with van der Waals surface area (Å²) < 4.78 is 69.9. The third kappa shape index (κ3) is 5.40. The SMILES string of the molecule is C[C@H](O)c1nc(Cn2nc(-c3ccc(Cl)cc3)n(C[C@H](O)C(F)(F)F)c2=O)nn1-c1c(F)cccc1F. The van der Waals surface area contributed by atoms with E-state index in [0.717, 1.165) is 27.6 Å². The first kappa shape index (κ1) is 26.4. The molecular formula is C22H18ClF5N6O3. The molecule has 0 spiro atoms. The van der Waals surface area contributed by atoms with E-state index in [9.17, 15) is 37.0 Å². The lowest BCUT2D eigenvalue weighted by atomic mass is 10.2. The lowest BCUT2D eigenvalue weighted by molar-refractivity contribution is -0.207. The maximum atomic E-state index is 14.4. The predicted molar refractivity (Wildman–Crippen MR) is 120 cm³/mol. The molecule has 9 nitrogen and oxygen atoms in total. The highest BCUT2D eigenvalue weighted by atomic mass is 35.5. The second-order valence-electron chi connectivity index (χ2n) is 7.98. The van der Waals surface area contributed by atoms with E-state index in [4.69, 9.17) is 11.6 Å². The molecule has 15 heteroatoms. The molecule has 0 radical (unpaired) electrons. The average molecular weight is 545 g/mol. The molecule has 0 unspecified atom stereocenters. The van der Waals surface area contributed by atoms with Crippen molar-refractivity contribution >= 4 is 11.6 Å². The van der Waals surface area contributed by atoms with Crippen molar-refractivity contribution in [2.45, 2.75) is 38.4 Å². The third-order valence-electron chi connectivity index (χ3n) is 5.25. The molecule has 2 heterocycles. The molecule has 2 aromatic carbocycles. The number of hydrogen-bond acceptors (Lipinski definition) is 6. The Morgan fingerprint density at radius 1 is 1.03 bits per heavy atom. The third-order valence-corrected chi connectivity index (χ3v) is 5.50. The van der Waals surface area contributed by atoms with Gasteiger partial charge >= 0.3 is 11.9 Å². The van der Waals surface area contributed by atoms with E-state index in [2.05, 4.69) is 15.2 Å². The molecule has 0 saturated heterocycles. The lowest BCUT2D eigenvalue weighted by Crippen LogP contribution is -2.37. The Labute approximate surface area is 210 Å². The number of hydrogen-bond donors (Lipinski definition) is 2. The fourth-order valence-corrected chi connectivity index (χ4v) is 3.62. The monoisotopic (exact) mass is 544 g/mol. The van der Waals surface area contributed by atoms with Gasteiger partial charge in [-0.2, -0.15) is 13.2 Å². The fourth-order valence-electron chi connectivity index (χ4n) is 3.49. The minimum Gasteiger partial charge on any atom is -0.385 e. The molecular weight excluding hydrogens is 527 g/mol. The zero-order valence-corrected chi connectivity index (χ0v) is 19.6. The Morgan fingerprint density at radius 2 is 1.65 bits per heavy atom. The van der Waals surface area contributed by atoms with Crippen molar-refractivity contribution in [3.8, 4) is 17.1 Å². The molecule has 4 rings (SSSR count). The van der Waals surface area contributed by atoms with Crippen LogP contribution in [0.15, 0.2) is 47.3 Å². The minimum absolute atomic E-state index is 0.208. The second kappa shape index (κ2) is 10.0. The largest absolute Gasteiger partial charge is 0.416 e.